The van der Waals surface area contributed by atoms with Gasteiger partial charge in [0, 0.05) is 44.8 Å². The van der Waals surface area contributed by atoms with Crippen molar-refractivity contribution in [2.75, 3.05) is 38.1 Å². The average molecular weight is 328 g/mol. The van der Waals surface area contributed by atoms with E-state index in [4.69, 9.17) is 0 Å². The number of hydrogen-bond acceptors (Lipinski definition) is 4. The molecule has 4 rings (SSSR count). The Morgan fingerprint density at radius 3 is 2.67 bits per heavy atom. The summed E-state index contributed by atoms with van der Waals surface area (Å²) in [7, 11) is 2.16. The molecule has 0 spiro atoms. The Morgan fingerprint density at radius 2 is 2.04 bits per heavy atom. The largest absolute Gasteiger partial charge is 0.354 e. The molecule has 3 unspecified atom stereocenters. The SMILES string of the molecule is CN1CCN(c2ccc(CNC(=O)C3CC4CCC3C4)cn2)CC1. The van der Waals surface area contributed by atoms with E-state index in [0.29, 0.717) is 12.5 Å². The highest BCUT2D eigenvalue weighted by atomic mass is 16.1. The van der Waals surface area contributed by atoms with Gasteiger partial charge >= 0.3 is 0 Å². The minimum atomic E-state index is 0.255. The van der Waals surface area contributed by atoms with Crippen molar-refractivity contribution >= 4 is 11.7 Å². The first-order chi connectivity index (χ1) is 11.7. The van der Waals surface area contributed by atoms with Crippen molar-refractivity contribution in [1.82, 2.24) is 15.2 Å². The van der Waals surface area contributed by atoms with Crippen LogP contribution in [0, 0.1) is 17.8 Å². The Balaban J connectivity index is 1.28. The fourth-order valence-corrected chi connectivity index (χ4v) is 4.63. The molecular formula is C19H28N4O. The number of anilines is 1. The highest BCUT2D eigenvalue weighted by Gasteiger charge is 2.42. The number of piperazine rings is 1. The van der Waals surface area contributed by atoms with E-state index in [1.165, 1.54) is 19.3 Å². The molecule has 130 valence electrons. The lowest BCUT2D eigenvalue weighted by molar-refractivity contribution is -0.126. The molecule has 1 N–H and O–H groups in total. The van der Waals surface area contributed by atoms with Crippen molar-refractivity contribution in [3.8, 4) is 0 Å². The van der Waals surface area contributed by atoms with Crippen LogP contribution in [0.1, 0.15) is 31.2 Å². The maximum Gasteiger partial charge on any atom is 0.223 e. The molecule has 5 nitrogen and oxygen atoms in total. The lowest BCUT2D eigenvalue weighted by atomic mass is 9.88. The molecule has 0 aromatic carbocycles. The van der Waals surface area contributed by atoms with Crippen LogP contribution in [0.5, 0.6) is 0 Å². The van der Waals surface area contributed by atoms with Crippen LogP contribution in [-0.2, 0) is 11.3 Å². The van der Waals surface area contributed by atoms with E-state index in [1.807, 2.05) is 6.20 Å². The minimum Gasteiger partial charge on any atom is -0.354 e. The fraction of sp³-hybridized carbons (Fsp3) is 0.684. The number of rotatable bonds is 4. The number of likely N-dealkylation sites (N-methyl/N-ethyl adjacent to an activating group) is 1. The van der Waals surface area contributed by atoms with Gasteiger partial charge in [-0.15, -0.1) is 0 Å². The van der Waals surface area contributed by atoms with Crippen molar-refractivity contribution in [1.29, 1.82) is 0 Å². The molecule has 0 radical (unpaired) electrons. The molecule has 1 saturated heterocycles. The Labute approximate surface area is 144 Å². The summed E-state index contributed by atoms with van der Waals surface area (Å²) in [5.74, 6) is 3.03. The number of pyridine rings is 1. The summed E-state index contributed by atoms with van der Waals surface area (Å²) in [6, 6.07) is 4.19. The van der Waals surface area contributed by atoms with E-state index in [0.717, 1.165) is 49.9 Å². The van der Waals surface area contributed by atoms with Gasteiger partial charge in [0.2, 0.25) is 5.91 Å². The van der Waals surface area contributed by atoms with Gasteiger partial charge in [-0.25, -0.2) is 4.98 Å². The van der Waals surface area contributed by atoms with Crippen molar-refractivity contribution in [2.24, 2.45) is 17.8 Å². The Hall–Kier alpha value is -1.62. The van der Waals surface area contributed by atoms with Gasteiger partial charge < -0.3 is 15.1 Å². The lowest BCUT2D eigenvalue weighted by Crippen LogP contribution is -2.44. The molecule has 1 aliphatic heterocycles. The van der Waals surface area contributed by atoms with Crippen LogP contribution < -0.4 is 10.2 Å². The number of nitrogens with zero attached hydrogens (tertiary/aromatic N) is 3. The van der Waals surface area contributed by atoms with Gasteiger partial charge in [0.15, 0.2) is 0 Å². The van der Waals surface area contributed by atoms with E-state index >= 15 is 0 Å². The summed E-state index contributed by atoms with van der Waals surface area (Å²) in [6.07, 6.45) is 6.89. The molecule has 2 aliphatic carbocycles. The summed E-state index contributed by atoms with van der Waals surface area (Å²) < 4.78 is 0. The number of carbonyl (C=O) groups is 1. The topological polar surface area (TPSA) is 48.5 Å². The minimum absolute atomic E-state index is 0.255. The lowest BCUT2D eigenvalue weighted by Gasteiger charge is -2.33. The Morgan fingerprint density at radius 1 is 1.21 bits per heavy atom. The molecule has 3 atom stereocenters. The van der Waals surface area contributed by atoms with Crippen LogP contribution >= 0.6 is 0 Å². The van der Waals surface area contributed by atoms with E-state index in [1.54, 1.807) is 0 Å². The van der Waals surface area contributed by atoms with Crippen LogP contribution in [0.4, 0.5) is 5.82 Å². The average Bonchev–Trinajstić information content (AvgIpc) is 3.24. The third kappa shape index (κ3) is 3.27. The van der Waals surface area contributed by atoms with Gasteiger partial charge in [-0.05, 0) is 49.8 Å². The van der Waals surface area contributed by atoms with Crippen LogP contribution in [0.3, 0.4) is 0 Å². The third-order valence-electron chi connectivity index (χ3n) is 6.18. The second-order valence-electron chi connectivity index (χ2n) is 7.81. The van der Waals surface area contributed by atoms with Gasteiger partial charge in [0.1, 0.15) is 5.82 Å². The maximum atomic E-state index is 12.4. The first kappa shape index (κ1) is 15.9. The molecule has 1 amide bonds. The predicted octanol–water partition coefficient (Wildman–Crippen LogP) is 1.89. The summed E-state index contributed by atoms with van der Waals surface area (Å²) in [5.41, 5.74) is 1.09. The number of aromatic nitrogens is 1. The summed E-state index contributed by atoms with van der Waals surface area (Å²) in [5, 5.41) is 3.13. The van der Waals surface area contributed by atoms with Gasteiger partial charge in [0.05, 0.1) is 0 Å². The van der Waals surface area contributed by atoms with Crippen molar-refractivity contribution in [3.63, 3.8) is 0 Å². The zero-order chi connectivity index (χ0) is 16.5. The van der Waals surface area contributed by atoms with E-state index in [-0.39, 0.29) is 11.8 Å². The standard InChI is InChI=1S/C19H28N4O/c1-22-6-8-23(9-7-22)18-5-3-15(12-20-18)13-21-19(24)17-11-14-2-4-16(17)10-14/h3,5,12,14,16-17H,2,4,6-11,13H2,1H3,(H,21,24). The van der Waals surface area contributed by atoms with Gasteiger partial charge in [-0.2, -0.15) is 0 Å². The highest BCUT2D eigenvalue weighted by molar-refractivity contribution is 5.79. The quantitative estimate of drug-likeness (QED) is 0.917. The van der Waals surface area contributed by atoms with E-state index in [2.05, 4.69) is 39.3 Å². The number of hydrogen-bond donors (Lipinski definition) is 1. The fourth-order valence-electron chi connectivity index (χ4n) is 4.63. The number of amides is 1. The van der Waals surface area contributed by atoms with Gasteiger partial charge in [-0.3, -0.25) is 4.79 Å². The summed E-state index contributed by atoms with van der Waals surface area (Å²) in [6.45, 7) is 4.84. The second-order valence-corrected chi connectivity index (χ2v) is 7.81. The van der Waals surface area contributed by atoms with E-state index in [9.17, 15) is 4.79 Å². The van der Waals surface area contributed by atoms with Crippen molar-refractivity contribution in [2.45, 2.75) is 32.2 Å². The molecule has 2 bridgehead atoms. The number of nitrogens with one attached hydrogen (secondary N) is 1. The zero-order valence-corrected chi connectivity index (χ0v) is 14.6. The molecule has 3 fully saturated rings. The second kappa shape index (κ2) is 6.71. The normalized spacial score (nSPS) is 29.9. The smallest absolute Gasteiger partial charge is 0.223 e. The van der Waals surface area contributed by atoms with Crippen LogP contribution in [0.25, 0.3) is 0 Å². The first-order valence-corrected chi connectivity index (χ1v) is 9.35. The maximum absolute atomic E-state index is 12.4. The number of fused-ring (bicyclic) bond motifs is 2. The van der Waals surface area contributed by atoms with E-state index < -0.39 is 0 Å². The van der Waals surface area contributed by atoms with Crippen LogP contribution in [0.15, 0.2) is 18.3 Å². The molecule has 24 heavy (non-hydrogen) atoms. The zero-order valence-electron chi connectivity index (χ0n) is 14.6. The molecule has 1 aromatic rings. The van der Waals surface area contributed by atoms with Crippen LogP contribution in [-0.4, -0.2) is 49.0 Å². The highest BCUT2D eigenvalue weighted by Crippen LogP contribution is 2.48. The van der Waals surface area contributed by atoms with Crippen molar-refractivity contribution < 1.29 is 4.79 Å². The molecule has 5 heteroatoms. The first-order valence-electron chi connectivity index (χ1n) is 9.35. The summed E-state index contributed by atoms with van der Waals surface area (Å²) in [4.78, 5) is 21.7. The van der Waals surface area contributed by atoms with Gasteiger partial charge in [-0.1, -0.05) is 12.5 Å². The molecule has 1 aromatic heterocycles. The van der Waals surface area contributed by atoms with Gasteiger partial charge in [0.25, 0.3) is 0 Å². The monoisotopic (exact) mass is 328 g/mol. The number of carbonyl (C=O) groups excluding carboxylic acids is 1. The predicted molar refractivity (Wildman–Crippen MR) is 94.7 cm³/mol. The van der Waals surface area contributed by atoms with Crippen molar-refractivity contribution in [3.05, 3.63) is 23.9 Å². The molecule has 3 aliphatic rings. The molecule has 2 heterocycles. The molecular weight excluding hydrogens is 300 g/mol. The third-order valence-corrected chi connectivity index (χ3v) is 6.18. The Kier molecular flexibility index (Phi) is 4.44. The molecule has 2 saturated carbocycles. The summed E-state index contributed by atoms with van der Waals surface area (Å²) >= 11 is 0. The Bertz CT molecular complexity index is 580. The van der Waals surface area contributed by atoms with Crippen LogP contribution in [0.2, 0.25) is 0 Å².